The van der Waals surface area contributed by atoms with Crippen molar-refractivity contribution < 1.29 is 9.53 Å². The van der Waals surface area contributed by atoms with Crippen LogP contribution < -0.4 is 10.1 Å². The van der Waals surface area contributed by atoms with Crippen LogP contribution in [0.1, 0.15) is 24.8 Å². The van der Waals surface area contributed by atoms with Gasteiger partial charge in [0, 0.05) is 12.2 Å². The van der Waals surface area contributed by atoms with E-state index in [9.17, 15) is 4.79 Å². The molecule has 0 aliphatic carbocycles. The molecule has 1 aliphatic rings. The lowest BCUT2D eigenvalue weighted by Crippen LogP contribution is -2.40. The highest BCUT2D eigenvalue weighted by Gasteiger charge is 2.30. The highest BCUT2D eigenvalue weighted by atomic mass is 16.5. The number of methoxy groups -OCH3 is 1. The molecule has 3 rings (SSSR count). The fraction of sp³-hybridized carbons (Fsp3) is 0.350. The number of carbonyl (C=O) groups excluding carboxylic acids is 1. The Kier molecular flexibility index (Phi) is 5.16. The number of carbonyl (C=O) groups is 1. The molecule has 1 aliphatic heterocycles. The Morgan fingerprint density at radius 1 is 1.17 bits per heavy atom. The SMILES string of the molecule is COc1ccc(NC(=O)[C@H](C)N2CC[C@H](c3ccccc3)C2)cc1. The molecule has 0 aromatic heterocycles. The van der Waals surface area contributed by atoms with Crippen molar-refractivity contribution in [2.75, 3.05) is 25.5 Å². The molecular formula is C20H24N2O2. The summed E-state index contributed by atoms with van der Waals surface area (Å²) >= 11 is 0. The number of amides is 1. The fourth-order valence-electron chi connectivity index (χ4n) is 3.22. The monoisotopic (exact) mass is 324 g/mol. The van der Waals surface area contributed by atoms with E-state index >= 15 is 0 Å². The first-order chi connectivity index (χ1) is 11.7. The van der Waals surface area contributed by atoms with E-state index < -0.39 is 0 Å². The fourth-order valence-corrected chi connectivity index (χ4v) is 3.22. The summed E-state index contributed by atoms with van der Waals surface area (Å²) < 4.78 is 5.14. The molecule has 1 saturated heterocycles. The minimum absolute atomic E-state index is 0.0360. The summed E-state index contributed by atoms with van der Waals surface area (Å²) in [5.74, 6) is 1.34. The number of likely N-dealkylation sites (tertiary alicyclic amines) is 1. The molecule has 1 fully saturated rings. The molecule has 2 aromatic carbocycles. The van der Waals surface area contributed by atoms with Crippen molar-refractivity contribution in [2.45, 2.75) is 25.3 Å². The number of hydrogen-bond donors (Lipinski definition) is 1. The quantitative estimate of drug-likeness (QED) is 0.915. The molecule has 0 unspecified atom stereocenters. The summed E-state index contributed by atoms with van der Waals surface area (Å²) in [4.78, 5) is 14.8. The van der Waals surface area contributed by atoms with Gasteiger partial charge in [-0.1, -0.05) is 30.3 Å². The van der Waals surface area contributed by atoms with Crippen molar-refractivity contribution in [3.63, 3.8) is 0 Å². The predicted octanol–water partition coefficient (Wildman–Crippen LogP) is 3.51. The Hall–Kier alpha value is -2.33. The lowest BCUT2D eigenvalue weighted by molar-refractivity contribution is -0.120. The van der Waals surface area contributed by atoms with Crippen molar-refractivity contribution in [1.82, 2.24) is 4.90 Å². The predicted molar refractivity (Wildman–Crippen MR) is 96.5 cm³/mol. The Balaban J connectivity index is 1.57. The second kappa shape index (κ2) is 7.49. The zero-order valence-electron chi connectivity index (χ0n) is 14.2. The van der Waals surface area contributed by atoms with E-state index in [4.69, 9.17) is 4.74 Å². The summed E-state index contributed by atoms with van der Waals surface area (Å²) in [5.41, 5.74) is 2.16. The number of ether oxygens (including phenoxy) is 1. The molecule has 1 heterocycles. The standard InChI is InChI=1S/C20H24N2O2/c1-15(20(23)21-18-8-10-19(24-2)11-9-18)22-13-12-17(14-22)16-6-4-3-5-7-16/h3-11,15,17H,12-14H2,1-2H3,(H,21,23)/t15-,17-/m0/s1. The molecule has 0 bridgehead atoms. The van der Waals surface area contributed by atoms with Crippen molar-refractivity contribution in [2.24, 2.45) is 0 Å². The molecule has 1 amide bonds. The number of benzene rings is 2. The third kappa shape index (κ3) is 3.77. The minimum Gasteiger partial charge on any atom is -0.497 e. The maximum absolute atomic E-state index is 12.5. The normalized spacial score (nSPS) is 19.0. The lowest BCUT2D eigenvalue weighted by atomic mass is 9.99. The Labute approximate surface area is 143 Å². The smallest absolute Gasteiger partial charge is 0.241 e. The number of anilines is 1. The Morgan fingerprint density at radius 2 is 1.88 bits per heavy atom. The largest absolute Gasteiger partial charge is 0.497 e. The van der Waals surface area contributed by atoms with E-state index in [-0.39, 0.29) is 11.9 Å². The summed E-state index contributed by atoms with van der Waals surface area (Å²) in [7, 11) is 1.63. The summed E-state index contributed by atoms with van der Waals surface area (Å²) in [6.07, 6.45) is 1.10. The van der Waals surface area contributed by atoms with Crippen LogP contribution in [0.4, 0.5) is 5.69 Å². The Morgan fingerprint density at radius 3 is 2.54 bits per heavy atom. The zero-order valence-corrected chi connectivity index (χ0v) is 14.2. The van der Waals surface area contributed by atoms with Gasteiger partial charge in [-0.2, -0.15) is 0 Å². The van der Waals surface area contributed by atoms with Crippen LogP contribution in [-0.4, -0.2) is 37.0 Å². The van der Waals surface area contributed by atoms with E-state index in [1.54, 1.807) is 7.11 Å². The summed E-state index contributed by atoms with van der Waals surface area (Å²) in [6, 6.07) is 17.8. The Bertz CT molecular complexity index is 670. The van der Waals surface area contributed by atoms with Gasteiger partial charge in [-0.15, -0.1) is 0 Å². The minimum atomic E-state index is -0.138. The van der Waals surface area contributed by atoms with Crippen LogP contribution >= 0.6 is 0 Å². The molecule has 0 saturated carbocycles. The van der Waals surface area contributed by atoms with Crippen molar-refractivity contribution >= 4 is 11.6 Å². The topological polar surface area (TPSA) is 41.6 Å². The first-order valence-electron chi connectivity index (χ1n) is 8.41. The highest BCUT2D eigenvalue weighted by molar-refractivity contribution is 5.94. The summed E-state index contributed by atoms with van der Waals surface area (Å²) in [5, 5.41) is 2.99. The van der Waals surface area contributed by atoms with E-state index in [0.29, 0.717) is 5.92 Å². The molecule has 2 aromatic rings. The second-order valence-electron chi connectivity index (χ2n) is 6.28. The third-order valence-electron chi connectivity index (χ3n) is 4.78. The van der Waals surface area contributed by atoms with Gasteiger partial charge in [-0.3, -0.25) is 9.69 Å². The van der Waals surface area contributed by atoms with Gasteiger partial charge in [0.25, 0.3) is 0 Å². The molecule has 4 heteroatoms. The van der Waals surface area contributed by atoms with Gasteiger partial charge in [-0.05, 0) is 55.6 Å². The van der Waals surface area contributed by atoms with Crippen LogP contribution in [-0.2, 0) is 4.79 Å². The molecule has 1 N–H and O–H groups in total. The molecule has 0 spiro atoms. The summed E-state index contributed by atoms with van der Waals surface area (Å²) in [6.45, 7) is 3.87. The average molecular weight is 324 g/mol. The van der Waals surface area contributed by atoms with Gasteiger partial charge in [0.1, 0.15) is 5.75 Å². The van der Waals surface area contributed by atoms with Gasteiger partial charge in [-0.25, -0.2) is 0 Å². The highest BCUT2D eigenvalue weighted by Crippen LogP contribution is 2.28. The van der Waals surface area contributed by atoms with Gasteiger partial charge in [0.15, 0.2) is 0 Å². The van der Waals surface area contributed by atoms with Crippen LogP contribution in [0.5, 0.6) is 5.75 Å². The molecule has 0 radical (unpaired) electrons. The molecular weight excluding hydrogens is 300 g/mol. The number of nitrogens with zero attached hydrogens (tertiary/aromatic N) is 1. The van der Waals surface area contributed by atoms with Gasteiger partial charge in [0.2, 0.25) is 5.91 Å². The van der Waals surface area contributed by atoms with E-state index in [1.807, 2.05) is 37.3 Å². The average Bonchev–Trinajstić information content (AvgIpc) is 3.12. The van der Waals surface area contributed by atoms with E-state index in [0.717, 1.165) is 30.9 Å². The van der Waals surface area contributed by atoms with Gasteiger partial charge < -0.3 is 10.1 Å². The number of nitrogens with one attached hydrogen (secondary N) is 1. The second-order valence-corrected chi connectivity index (χ2v) is 6.28. The molecule has 24 heavy (non-hydrogen) atoms. The first-order valence-corrected chi connectivity index (χ1v) is 8.41. The maximum Gasteiger partial charge on any atom is 0.241 e. The first kappa shape index (κ1) is 16.5. The molecule has 126 valence electrons. The number of rotatable bonds is 5. The van der Waals surface area contributed by atoms with Gasteiger partial charge in [0.05, 0.1) is 13.2 Å². The maximum atomic E-state index is 12.5. The third-order valence-corrected chi connectivity index (χ3v) is 4.78. The van der Waals surface area contributed by atoms with Crippen molar-refractivity contribution in [3.05, 3.63) is 60.2 Å². The molecule has 2 atom stereocenters. The van der Waals surface area contributed by atoms with E-state index in [1.165, 1.54) is 5.56 Å². The van der Waals surface area contributed by atoms with E-state index in [2.05, 4.69) is 34.5 Å². The van der Waals surface area contributed by atoms with Gasteiger partial charge >= 0.3 is 0 Å². The van der Waals surface area contributed by atoms with Crippen LogP contribution in [0.3, 0.4) is 0 Å². The van der Waals surface area contributed by atoms with Crippen LogP contribution in [0.2, 0.25) is 0 Å². The van der Waals surface area contributed by atoms with Crippen LogP contribution in [0.25, 0.3) is 0 Å². The zero-order chi connectivity index (χ0) is 16.9. The molecule has 4 nitrogen and oxygen atoms in total. The lowest BCUT2D eigenvalue weighted by Gasteiger charge is -2.23. The number of hydrogen-bond acceptors (Lipinski definition) is 3. The van der Waals surface area contributed by atoms with Crippen molar-refractivity contribution in [1.29, 1.82) is 0 Å². The van der Waals surface area contributed by atoms with Crippen LogP contribution in [0.15, 0.2) is 54.6 Å². The van der Waals surface area contributed by atoms with Crippen LogP contribution in [0, 0.1) is 0 Å². The van der Waals surface area contributed by atoms with Crippen molar-refractivity contribution in [3.8, 4) is 5.75 Å².